The topological polar surface area (TPSA) is 69.6 Å². The Bertz CT molecular complexity index is 294. The zero-order valence-corrected chi connectivity index (χ0v) is 10.2. The molecular formula is C12H20N2O3. The quantitative estimate of drug-likeness (QED) is 0.731. The van der Waals surface area contributed by atoms with Crippen molar-refractivity contribution in [1.29, 1.82) is 0 Å². The highest BCUT2D eigenvalue weighted by molar-refractivity contribution is 5.75. The summed E-state index contributed by atoms with van der Waals surface area (Å²) in [5, 5.41) is 11.6. The molecule has 0 bridgehead atoms. The van der Waals surface area contributed by atoms with Crippen LogP contribution >= 0.6 is 0 Å². The Morgan fingerprint density at radius 2 is 2.00 bits per heavy atom. The number of aliphatic carboxylic acids is 1. The van der Waals surface area contributed by atoms with Crippen LogP contribution in [-0.2, 0) is 4.79 Å². The lowest BCUT2D eigenvalue weighted by atomic mass is 9.97. The largest absolute Gasteiger partial charge is 0.481 e. The van der Waals surface area contributed by atoms with E-state index in [0.29, 0.717) is 32.5 Å². The van der Waals surface area contributed by atoms with Gasteiger partial charge in [-0.25, -0.2) is 4.79 Å². The molecule has 5 nitrogen and oxygen atoms in total. The van der Waals surface area contributed by atoms with Crippen LogP contribution in [0.5, 0.6) is 0 Å². The minimum absolute atomic E-state index is 0.102. The second-order valence-electron chi connectivity index (χ2n) is 4.17. The molecule has 1 aliphatic rings. The molecule has 1 aliphatic heterocycles. The smallest absolute Gasteiger partial charge is 0.317 e. The van der Waals surface area contributed by atoms with Crippen LogP contribution in [0.4, 0.5) is 4.79 Å². The molecule has 0 aromatic rings. The lowest BCUT2D eigenvalue weighted by Gasteiger charge is -2.29. The zero-order chi connectivity index (χ0) is 12.7. The van der Waals surface area contributed by atoms with Gasteiger partial charge in [0.25, 0.3) is 0 Å². The first-order valence-electron chi connectivity index (χ1n) is 6.05. The van der Waals surface area contributed by atoms with Crippen molar-refractivity contribution in [2.45, 2.75) is 26.2 Å². The molecule has 0 atom stereocenters. The van der Waals surface area contributed by atoms with Gasteiger partial charge in [0.1, 0.15) is 0 Å². The molecule has 0 aromatic heterocycles. The second-order valence-corrected chi connectivity index (χ2v) is 4.17. The van der Waals surface area contributed by atoms with E-state index >= 15 is 0 Å². The number of carbonyl (C=O) groups is 2. The summed E-state index contributed by atoms with van der Waals surface area (Å²) >= 11 is 0. The molecule has 0 unspecified atom stereocenters. The van der Waals surface area contributed by atoms with Crippen molar-refractivity contribution in [2.75, 3.05) is 19.6 Å². The van der Waals surface area contributed by atoms with E-state index in [4.69, 9.17) is 5.11 Å². The third kappa shape index (κ3) is 4.46. The van der Waals surface area contributed by atoms with Crippen molar-refractivity contribution < 1.29 is 14.7 Å². The van der Waals surface area contributed by atoms with Crippen molar-refractivity contribution in [1.82, 2.24) is 10.2 Å². The zero-order valence-electron chi connectivity index (χ0n) is 10.2. The van der Waals surface area contributed by atoms with Crippen LogP contribution in [-0.4, -0.2) is 41.6 Å². The van der Waals surface area contributed by atoms with Crippen LogP contribution < -0.4 is 5.32 Å². The van der Waals surface area contributed by atoms with Gasteiger partial charge in [-0.15, -0.1) is 0 Å². The van der Waals surface area contributed by atoms with E-state index in [0.717, 1.165) is 6.42 Å². The summed E-state index contributed by atoms with van der Waals surface area (Å²) in [7, 11) is 0. The summed E-state index contributed by atoms with van der Waals surface area (Å²) in [5.41, 5.74) is 0. The number of carboxylic acids is 1. The molecule has 1 rings (SSSR count). The molecule has 2 N–H and O–H groups in total. The predicted molar refractivity (Wildman–Crippen MR) is 64.8 cm³/mol. The minimum Gasteiger partial charge on any atom is -0.481 e. The number of urea groups is 1. The summed E-state index contributed by atoms with van der Waals surface area (Å²) in [6.45, 7) is 3.63. The first kappa shape index (κ1) is 13.5. The van der Waals surface area contributed by atoms with E-state index < -0.39 is 5.97 Å². The number of allylic oxidation sites excluding steroid dienone is 1. The molecule has 1 fully saturated rings. The monoisotopic (exact) mass is 240 g/mol. The van der Waals surface area contributed by atoms with Gasteiger partial charge < -0.3 is 15.3 Å². The number of rotatable bonds is 4. The molecule has 0 spiro atoms. The minimum atomic E-state index is -0.754. The maximum absolute atomic E-state index is 11.7. The number of carboxylic acid groups (broad SMARTS) is 1. The normalized spacial score (nSPS) is 17.4. The molecule has 96 valence electrons. The van der Waals surface area contributed by atoms with Gasteiger partial charge in [0, 0.05) is 19.6 Å². The van der Waals surface area contributed by atoms with Crippen LogP contribution in [0.1, 0.15) is 26.2 Å². The SMILES string of the molecule is CC/C=C/CNC(=O)N1CCC(C(=O)O)CC1. The van der Waals surface area contributed by atoms with Crippen molar-refractivity contribution in [3.63, 3.8) is 0 Å². The molecular weight excluding hydrogens is 220 g/mol. The van der Waals surface area contributed by atoms with Crippen molar-refractivity contribution in [3.05, 3.63) is 12.2 Å². The van der Waals surface area contributed by atoms with Gasteiger partial charge in [-0.05, 0) is 19.3 Å². The Kier molecular flexibility index (Phi) is 5.52. The molecule has 0 aromatic carbocycles. The fourth-order valence-corrected chi connectivity index (χ4v) is 1.84. The molecule has 0 aliphatic carbocycles. The number of amides is 2. The van der Waals surface area contributed by atoms with Crippen LogP contribution in [0.2, 0.25) is 0 Å². The summed E-state index contributed by atoms with van der Waals surface area (Å²) in [6, 6.07) is -0.102. The standard InChI is InChI=1S/C12H20N2O3/c1-2-3-4-7-13-12(17)14-8-5-10(6-9-14)11(15)16/h3-4,10H,2,5-9H2,1H3,(H,13,17)(H,15,16)/b4-3+. The number of nitrogens with one attached hydrogen (secondary N) is 1. The Morgan fingerprint density at radius 1 is 1.35 bits per heavy atom. The van der Waals surface area contributed by atoms with Gasteiger partial charge >= 0.3 is 12.0 Å². The van der Waals surface area contributed by atoms with Gasteiger partial charge in [-0.2, -0.15) is 0 Å². The summed E-state index contributed by atoms with van der Waals surface area (Å²) in [5.74, 6) is -1.05. The van der Waals surface area contributed by atoms with E-state index in [1.807, 2.05) is 19.1 Å². The lowest BCUT2D eigenvalue weighted by Crippen LogP contribution is -2.45. The van der Waals surface area contributed by atoms with Gasteiger partial charge in [0.2, 0.25) is 0 Å². The number of likely N-dealkylation sites (tertiary alicyclic amines) is 1. The first-order valence-corrected chi connectivity index (χ1v) is 6.05. The molecule has 1 heterocycles. The molecule has 0 radical (unpaired) electrons. The summed E-state index contributed by atoms with van der Waals surface area (Å²) in [4.78, 5) is 24.1. The summed E-state index contributed by atoms with van der Waals surface area (Å²) in [6.07, 6.45) is 5.97. The van der Waals surface area contributed by atoms with Crippen LogP contribution in [0.3, 0.4) is 0 Å². The highest BCUT2D eigenvalue weighted by Crippen LogP contribution is 2.16. The van der Waals surface area contributed by atoms with E-state index in [1.165, 1.54) is 0 Å². The third-order valence-electron chi connectivity index (χ3n) is 2.90. The van der Waals surface area contributed by atoms with E-state index in [-0.39, 0.29) is 11.9 Å². The number of piperidine rings is 1. The van der Waals surface area contributed by atoms with E-state index in [1.54, 1.807) is 4.90 Å². The highest BCUT2D eigenvalue weighted by Gasteiger charge is 2.26. The maximum Gasteiger partial charge on any atom is 0.317 e. The van der Waals surface area contributed by atoms with Crippen LogP contribution in [0.15, 0.2) is 12.2 Å². The van der Waals surface area contributed by atoms with Gasteiger partial charge in [0.15, 0.2) is 0 Å². The van der Waals surface area contributed by atoms with Crippen molar-refractivity contribution >= 4 is 12.0 Å². The number of hydrogen-bond acceptors (Lipinski definition) is 2. The average Bonchev–Trinajstić information content (AvgIpc) is 2.34. The van der Waals surface area contributed by atoms with Crippen molar-refractivity contribution in [3.8, 4) is 0 Å². The number of carbonyl (C=O) groups excluding carboxylic acids is 1. The fraction of sp³-hybridized carbons (Fsp3) is 0.667. The Balaban J connectivity index is 2.26. The average molecular weight is 240 g/mol. The summed E-state index contributed by atoms with van der Waals surface area (Å²) < 4.78 is 0. The number of nitrogens with zero attached hydrogens (tertiary/aromatic N) is 1. The van der Waals surface area contributed by atoms with Crippen LogP contribution in [0, 0.1) is 5.92 Å². The van der Waals surface area contributed by atoms with Crippen molar-refractivity contribution in [2.24, 2.45) is 5.92 Å². The predicted octanol–water partition coefficient (Wildman–Crippen LogP) is 1.46. The van der Waals surface area contributed by atoms with Gasteiger partial charge in [0.05, 0.1) is 5.92 Å². The maximum atomic E-state index is 11.7. The Labute approximate surface area is 101 Å². The fourth-order valence-electron chi connectivity index (χ4n) is 1.84. The van der Waals surface area contributed by atoms with Gasteiger partial charge in [-0.3, -0.25) is 4.79 Å². The Hall–Kier alpha value is -1.52. The highest BCUT2D eigenvalue weighted by atomic mass is 16.4. The van der Waals surface area contributed by atoms with E-state index in [9.17, 15) is 9.59 Å². The molecule has 1 saturated heterocycles. The Morgan fingerprint density at radius 3 is 2.53 bits per heavy atom. The molecule has 0 saturated carbocycles. The molecule has 5 heteroatoms. The lowest BCUT2D eigenvalue weighted by molar-refractivity contribution is -0.143. The molecule has 2 amide bonds. The molecule has 17 heavy (non-hydrogen) atoms. The van der Waals surface area contributed by atoms with E-state index in [2.05, 4.69) is 5.32 Å². The second kappa shape index (κ2) is 6.93. The third-order valence-corrected chi connectivity index (χ3v) is 2.90. The van der Waals surface area contributed by atoms with Gasteiger partial charge in [-0.1, -0.05) is 19.1 Å². The number of hydrogen-bond donors (Lipinski definition) is 2. The first-order chi connectivity index (χ1) is 8.15. The van der Waals surface area contributed by atoms with Crippen LogP contribution in [0.25, 0.3) is 0 Å².